The standard InChI is InChI=1S/C21H34N2O3/c1-3-26-21-14-17(8-9-20(21)25-2)15-22-11-12-23(18-6-4-5-7-18)19(16-22)10-13-24/h8-9,14,18-19,24H,3-7,10-13,15-16H2,1-2H3/t19-/m1/s1. The molecule has 1 N–H and O–H groups in total. The molecule has 3 rings (SSSR count). The molecule has 0 aromatic heterocycles. The van der Waals surface area contributed by atoms with E-state index in [-0.39, 0.29) is 6.61 Å². The van der Waals surface area contributed by atoms with Crippen molar-refractivity contribution in [2.75, 3.05) is 40.0 Å². The maximum absolute atomic E-state index is 9.53. The van der Waals surface area contributed by atoms with Crippen LogP contribution in [-0.4, -0.2) is 66.9 Å². The lowest BCUT2D eigenvalue weighted by Crippen LogP contribution is -2.55. The monoisotopic (exact) mass is 362 g/mol. The zero-order chi connectivity index (χ0) is 18.4. The van der Waals surface area contributed by atoms with Gasteiger partial charge < -0.3 is 14.6 Å². The number of aliphatic hydroxyl groups excluding tert-OH is 1. The number of methoxy groups -OCH3 is 1. The summed E-state index contributed by atoms with van der Waals surface area (Å²) in [7, 11) is 1.68. The van der Waals surface area contributed by atoms with Gasteiger partial charge in [0, 0.05) is 44.9 Å². The van der Waals surface area contributed by atoms with E-state index in [9.17, 15) is 5.11 Å². The quantitative estimate of drug-likeness (QED) is 0.770. The average molecular weight is 363 g/mol. The molecule has 5 nitrogen and oxygen atoms in total. The zero-order valence-electron chi connectivity index (χ0n) is 16.3. The Labute approximate surface area is 157 Å². The molecule has 1 atom stereocenters. The number of benzene rings is 1. The fraction of sp³-hybridized carbons (Fsp3) is 0.714. The Balaban J connectivity index is 1.64. The molecule has 0 amide bonds. The minimum absolute atomic E-state index is 0.277. The molecule has 0 radical (unpaired) electrons. The van der Waals surface area contributed by atoms with E-state index in [0.717, 1.165) is 50.1 Å². The minimum atomic E-state index is 0.277. The predicted octanol–water partition coefficient (Wildman–Crippen LogP) is 2.91. The van der Waals surface area contributed by atoms with Gasteiger partial charge >= 0.3 is 0 Å². The molecular formula is C21H34N2O3. The second-order valence-electron chi connectivity index (χ2n) is 7.50. The third kappa shape index (κ3) is 4.70. The van der Waals surface area contributed by atoms with Gasteiger partial charge in [-0.3, -0.25) is 9.80 Å². The van der Waals surface area contributed by atoms with Crippen molar-refractivity contribution in [3.63, 3.8) is 0 Å². The number of hydrogen-bond acceptors (Lipinski definition) is 5. The molecule has 2 fully saturated rings. The molecule has 1 aromatic carbocycles. The van der Waals surface area contributed by atoms with Gasteiger partial charge in [0.05, 0.1) is 13.7 Å². The fourth-order valence-electron chi connectivity index (χ4n) is 4.55. The van der Waals surface area contributed by atoms with Crippen LogP contribution in [0.2, 0.25) is 0 Å². The molecule has 0 bridgehead atoms. The summed E-state index contributed by atoms with van der Waals surface area (Å²) in [4.78, 5) is 5.20. The molecule has 1 aliphatic carbocycles. The number of nitrogens with zero attached hydrogens (tertiary/aromatic N) is 2. The number of rotatable bonds is 8. The lowest BCUT2D eigenvalue weighted by Gasteiger charge is -2.44. The molecule has 1 aliphatic heterocycles. The van der Waals surface area contributed by atoms with Crippen molar-refractivity contribution in [2.45, 2.75) is 57.7 Å². The van der Waals surface area contributed by atoms with E-state index in [0.29, 0.717) is 12.6 Å². The van der Waals surface area contributed by atoms with Gasteiger partial charge in [-0.25, -0.2) is 0 Å². The summed E-state index contributed by atoms with van der Waals surface area (Å²) in [6, 6.07) is 7.44. The van der Waals surface area contributed by atoms with Gasteiger partial charge in [0.2, 0.25) is 0 Å². The number of ether oxygens (including phenoxy) is 2. The second-order valence-corrected chi connectivity index (χ2v) is 7.50. The SMILES string of the molecule is CCOc1cc(CN2CCN(C3CCCC3)[C@H](CCO)C2)ccc1OC. The first kappa shape index (κ1) is 19.5. The van der Waals surface area contributed by atoms with E-state index in [1.54, 1.807) is 7.11 Å². The highest BCUT2D eigenvalue weighted by molar-refractivity contribution is 5.43. The summed E-state index contributed by atoms with van der Waals surface area (Å²) in [6.45, 7) is 7.07. The van der Waals surface area contributed by atoms with Gasteiger partial charge in [0.1, 0.15) is 0 Å². The molecular weight excluding hydrogens is 328 g/mol. The van der Waals surface area contributed by atoms with Crippen LogP contribution in [0, 0.1) is 0 Å². The Morgan fingerprint density at radius 3 is 2.65 bits per heavy atom. The molecule has 2 aliphatic rings. The maximum atomic E-state index is 9.53. The molecule has 5 heteroatoms. The molecule has 0 unspecified atom stereocenters. The van der Waals surface area contributed by atoms with E-state index in [2.05, 4.69) is 21.9 Å². The topological polar surface area (TPSA) is 45.2 Å². The Morgan fingerprint density at radius 1 is 1.15 bits per heavy atom. The van der Waals surface area contributed by atoms with Gasteiger partial charge in [0.15, 0.2) is 11.5 Å². The van der Waals surface area contributed by atoms with E-state index in [1.165, 1.54) is 31.2 Å². The first-order chi connectivity index (χ1) is 12.7. The van der Waals surface area contributed by atoms with Crippen LogP contribution < -0.4 is 9.47 Å². The molecule has 0 spiro atoms. The number of aliphatic hydroxyl groups is 1. The Morgan fingerprint density at radius 2 is 1.96 bits per heavy atom. The van der Waals surface area contributed by atoms with Gasteiger partial charge in [-0.1, -0.05) is 18.9 Å². The summed E-state index contributed by atoms with van der Waals surface area (Å²) in [5.74, 6) is 1.61. The highest BCUT2D eigenvalue weighted by atomic mass is 16.5. The average Bonchev–Trinajstić information content (AvgIpc) is 3.17. The normalized spacial score (nSPS) is 22.7. The highest BCUT2D eigenvalue weighted by Gasteiger charge is 2.32. The van der Waals surface area contributed by atoms with E-state index in [4.69, 9.17) is 9.47 Å². The molecule has 26 heavy (non-hydrogen) atoms. The number of piperazine rings is 1. The summed E-state index contributed by atoms with van der Waals surface area (Å²) >= 11 is 0. The van der Waals surface area contributed by atoms with Gasteiger partial charge in [-0.2, -0.15) is 0 Å². The first-order valence-corrected chi connectivity index (χ1v) is 10.1. The molecule has 1 saturated carbocycles. The summed E-state index contributed by atoms with van der Waals surface area (Å²) < 4.78 is 11.1. The fourth-order valence-corrected chi connectivity index (χ4v) is 4.55. The second kappa shape index (κ2) is 9.58. The molecule has 1 aromatic rings. The van der Waals surface area contributed by atoms with E-state index in [1.807, 2.05) is 13.0 Å². The Kier molecular flexibility index (Phi) is 7.17. The maximum Gasteiger partial charge on any atom is 0.161 e. The lowest BCUT2D eigenvalue weighted by atomic mass is 10.0. The lowest BCUT2D eigenvalue weighted by molar-refractivity contribution is 0.0267. The van der Waals surface area contributed by atoms with E-state index >= 15 is 0 Å². The molecule has 1 heterocycles. The van der Waals surface area contributed by atoms with Crippen molar-refractivity contribution in [3.8, 4) is 11.5 Å². The zero-order valence-corrected chi connectivity index (χ0v) is 16.3. The minimum Gasteiger partial charge on any atom is -0.493 e. The van der Waals surface area contributed by atoms with Crippen molar-refractivity contribution in [3.05, 3.63) is 23.8 Å². The van der Waals surface area contributed by atoms with Crippen molar-refractivity contribution < 1.29 is 14.6 Å². The van der Waals surface area contributed by atoms with Crippen LogP contribution in [0.3, 0.4) is 0 Å². The van der Waals surface area contributed by atoms with Crippen molar-refractivity contribution in [1.29, 1.82) is 0 Å². The van der Waals surface area contributed by atoms with Crippen LogP contribution in [0.1, 0.15) is 44.6 Å². The third-order valence-corrected chi connectivity index (χ3v) is 5.80. The van der Waals surface area contributed by atoms with E-state index < -0.39 is 0 Å². The van der Waals surface area contributed by atoms with Crippen LogP contribution in [0.4, 0.5) is 0 Å². The summed E-state index contributed by atoms with van der Waals surface area (Å²) in [5.41, 5.74) is 1.26. The van der Waals surface area contributed by atoms with Crippen molar-refractivity contribution in [1.82, 2.24) is 9.80 Å². The van der Waals surface area contributed by atoms with Gasteiger partial charge in [-0.15, -0.1) is 0 Å². The third-order valence-electron chi connectivity index (χ3n) is 5.80. The van der Waals surface area contributed by atoms with Crippen LogP contribution in [0.25, 0.3) is 0 Å². The summed E-state index contributed by atoms with van der Waals surface area (Å²) in [5, 5.41) is 9.53. The largest absolute Gasteiger partial charge is 0.493 e. The van der Waals surface area contributed by atoms with Crippen LogP contribution in [-0.2, 0) is 6.54 Å². The van der Waals surface area contributed by atoms with Gasteiger partial charge in [0.25, 0.3) is 0 Å². The summed E-state index contributed by atoms with van der Waals surface area (Å²) in [6.07, 6.45) is 6.27. The van der Waals surface area contributed by atoms with Crippen LogP contribution in [0.5, 0.6) is 11.5 Å². The molecule has 146 valence electrons. The number of hydrogen-bond donors (Lipinski definition) is 1. The predicted molar refractivity (Wildman–Crippen MR) is 104 cm³/mol. The Bertz CT molecular complexity index is 560. The highest BCUT2D eigenvalue weighted by Crippen LogP contribution is 2.30. The van der Waals surface area contributed by atoms with Gasteiger partial charge in [-0.05, 0) is 43.9 Å². The van der Waals surface area contributed by atoms with Crippen molar-refractivity contribution in [2.24, 2.45) is 0 Å². The molecule has 1 saturated heterocycles. The first-order valence-electron chi connectivity index (χ1n) is 10.1. The smallest absolute Gasteiger partial charge is 0.161 e. The van der Waals surface area contributed by atoms with Crippen LogP contribution >= 0.6 is 0 Å². The Hall–Kier alpha value is -1.30. The van der Waals surface area contributed by atoms with Crippen LogP contribution in [0.15, 0.2) is 18.2 Å². The van der Waals surface area contributed by atoms with Crippen molar-refractivity contribution >= 4 is 0 Å².